The average molecular weight is 485 g/mol. The largest absolute Gasteiger partial charge is 0.356 e. The van der Waals surface area contributed by atoms with Crippen LogP contribution in [-0.2, 0) is 19.4 Å². The molecule has 5 nitrogen and oxygen atoms in total. The van der Waals surface area contributed by atoms with Crippen molar-refractivity contribution in [2.24, 2.45) is 16.8 Å². The van der Waals surface area contributed by atoms with Crippen molar-refractivity contribution in [1.82, 2.24) is 20.2 Å². The van der Waals surface area contributed by atoms with E-state index in [0.717, 1.165) is 43.7 Å². The number of aromatic nitrogens is 2. The van der Waals surface area contributed by atoms with Crippen LogP contribution in [0.5, 0.6) is 0 Å². The van der Waals surface area contributed by atoms with Crippen LogP contribution in [0.15, 0.2) is 11.2 Å². The zero-order valence-corrected chi connectivity index (χ0v) is 19.1. The summed E-state index contributed by atoms with van der Waals surface area (Å²) in [6, 6.07) is 0.598. The zero-order chi connectivity index (χ0) is 17.8. The van der Waals surface area contributed by atoms with Gasteiger partial charge in [-0.1, -0.05) is 25.7 Å². The lowest BCUT2D eigenvalue weighted by atomic mass is 9.69. The van der Waals surface area contributed by atoms with E-state index < -0.39 is 0 Å². The van der Waals surface area contributed by atoms with Crippen molar-refractivity contribution in [2.45, 2.75) is 83.2 Å². The van der Waals surface area contributed by atoms with Crippen molar-refractivity contribution in [1.29, 1.82) is 0 Å². The lowest BCUT2D eigenvalue weighted by molar-refractivity contribution is 0.150. The first-order valence-corrected chi connectivity index (χ1v) is 10.8. The molecule has 3 atom stereocenters. The maximum Gasteiger partial charge on any atom is 0.191 e. The molecule has 6 heteroatoms. The number of hydrogen-bond donors (Lipinski definition) is 2. The summed E-state index contributed by atoms with van der Waals surface area (Å²) in [6.07, 6.45) is 16.8. The lowest BCUT2D eigenvalue weighted by Gasteiger charge is -2.39. The van der Waals surface area contributed by atoms with Gasteiger partial charge in [-0.05, 0) is 43.9 Å². The van der Waals surface area contributed by atoms with Crippen molar-refractivity contribution in [3.8, 4) is 0 Å². The molecule has 0 radical (unpaired) electrons. The lowest BCUT2D eigenvalue weighted by Crippen LogP contribution is -2.47. The van der Waals surface area contributed by atoms with E-state index in [4.69, 9.17) is 4.98 Å². The van der Waals surface area contributed by atoms with E-state index in [0.29, 0.717) is 6.04 Å². The summed E-state index contributed by atoms with van der Waals surface area (Å²) in [5.74, 6) is 4.19. The SMILES string of the molecule is CN=C(NCCc1cn2c(n1)CCCC2)NC1CCC2CCCCC2C1.I. The first kappa shape index (κ1) is 20.9. The van der Waals surface area contributed by atoms with Crippen molar-refractivity contribution < 1.29 is 0 Å². The minimum absolute atomic E-state index is 0. The molecule has 2 heterocycles. The number of rotatable bonds is 4. The van der Waals surface area contributed by atoms with Crippen LogP contribution in [0.1, 0.15) is 69.3 Å². The summed E-state index contributed by atoms with van der Waals surface area (Å²) in [5.41, 5.74) is 1.22. The molecule has 0 saturated heterocycles. The van der Waals surface area contributed by atoms with Crippen LogP contribution in [0.25, 0.3) is 0 Å². The second-order valence-electron chi connectivity index (χ2n) is 8.51. The number of fused-ring (bicyclic) bond motifs is 2. The number of imidazole rings is 1. The molecule has 0 spiro atoms. The van der Waals surface area contributed by atoms with Gasteiger partial charge in [-0.3, -0.25) is 4.99 Å². The first-order valence-electron chi connectivity index (χ1n) is 10.8. The molecule has 4 rings (SSSR count). The third-order valence-corrected chi connectivity index (χ3v) is 6.74. The normalized spacial score (nSPS) is 27.9. The number of aryl methyl sites for hydroxylation is 2. The van der Waals surface area contributed by atoms with Crippen LogP contribution in [-0.4, -0.2) is 35.1 Å². The fourth-order valence-electron chi connectivity index (χ4n) is 5.29. The summed E-state index contributed by atoms with van der Waals surface area (Å²) in [5, 5.41) is 7.19. The molecule has 0 aromatic carbocycles. The Balaban J connectivity index is 0.00000210. The zero-order valence-electron chi connectivity index (χ0n) is 16.8. The summed E-state index contributed by atoms with van der Waals surface area (Å²) in [7, 11) is 1.89. The number of hydrogen-bond acceptors (Lipinski definition) is 2. The Morgan fingerprint density at radius 2 is 2.00 bits per heavy atom. The van der Waals surface area contributed by atoms with E-state index in [1.54, 1.807) is 0 Å². The minimum atomic E-state index is 0. The third kappa shape index (κ3) is 5.39. The second-order valence-corrected chi connectivity index (χ2v) is 8.51. The van der Waals surface area contributed by atoms with Crippen molar-refractivity contribution >= 4 is 29.9 Å². The predicted octanol–water partition coefficient (Wildman–Crippen LogP) is 3.90. The molecule has 3 unspecified atom stereocenters. The van der Waals surface area contributed by atoms with Crippen LogP contribution in [0.4, 0.5) is 0 Å². The first-order chi connectivity index (χ1) is 12.8. The molecule has 2 saturated carbocycles. The number of nitrogens with zero attached hydrogens (tertiary/aromatic N) is 3. The standard InChI is InChI=1S/C21H35N5.HI/c1-22-21(25-18-10-9-16-6-2-3-7-17(16)14-18)23-12-11-19-15-26-13-5-4-8-20(26)24-19;/h15-18H,2-14H2,1H3,(H2,22,23,25);1H. The summed E-state index contributed by atoms with van der Waals surface area (Å²) < 4.78 is 2.34. The van der Waals surface area contributed by atoms with Gasteiger partial charge < -0.3 is 15.2 Å². The number of aliphatic imine (C=N–C) groups is 1. The molecular formula is C21H36IN5. The second kappa shape index (κ2) is 10.1. The molecule has 3 aliphatic rings. The summed E-state index contributed by atoms with van der Waals surface area (Å²) in [4.78, 5) is 9.25. The molecule has 2 N–H and O–H groups in total. The molecule has 1 aliphatic heterocycles. The molecule has 0 bridgehead atoms. The molecule has 1 aromatic rings. The maximum absolute atomic E-state index is 4.80. The van der Waals surface area contributed by atoms with Gasteiger partial charge in [-0.25, -0.2) is 4.98 Å². The van der Waals surface area contributed by atoms with Gasteiger partial charge in [0.1, 0.15) is 5.82 Å². The average Bonchev–Trinajstić information content (AvgIpc) is 3.10. The van der Waals surface area contributed by atoms with Crippen molar-refractivity contribution in [3.05, 3.63) is 17.7 Å². The van der Waals surface area contributed by atoms with E-state index in [1.807, 2.05) is 7.05 Å². The summed E-state index contributed by atoms with van der Waals surface area (Å²) >= 11 is 0. The van der Waals surface area contributed by atoms with Crippen LogP contribution < -0.4 is 10.6 Å². The van der Waals surface area contributed by atoms with Gasteiger partial charge in [0.2, 0.25) is 0 Å². The van der Waals surface area contributed by atoms with Crippen LogP contribution >= 0.6 is 24.0 Å². The van der Waals surface area contributed by atoms with E-state index >= 15 is 0 Å². The Morgan fingerprint density at radius 3 is 2.81 bits per heavy atom. The van der Waals surface area contributed by atoms with Gasteiger partial charge in [-0.2, -0.15) is 0 Å². The van der Waals surface area contributed by atoms with Gasteiger partial charge in [-0.15, -0.1) is 24.0 Å². The highest BCUT2D eigenvalue weighted by Gasteiger charge is 2.32. The van der Waals surface area contributed by atoms with Crippen LogP contribution in [0.3, 0.4) is 0 Å². The van der Waals surface area contributed by atoms with Crippen LogP contribution in [0.2, 0.25) is 0 Å². The monoisotopic (exact) mass is 485 g/mol. The number of guanidine groups is 1. The Hall–Kier alpha value is -0.790. The summed E-state index contributed by atoms with van der Waals surface area (Å²) in [6.45, 7) is 2.04. The Kier molecular flexibility index (Phi) is 7.85. The fourth-order valence-corrected chi connectivity index (χ4v) is 5.29. The van der Waals surface area contributed by atoms with Crippen molar-refractivity contribution in [2.75, 3.05) is 13.6 Å². The minimum Gasteiger partial charge on any atom is -0.356 e. The quantitative estimate of drug-likeness (QED) is 0.387. The number of halogens is 1. The predicted molar refractivity (Wildman–Crippen MR) is 122 cm³/mol. The smallest absolute Gasteiger partial charge is 0.191 e. The maximum atomic E-state index is 4.80. The van der Waals surface area contributed by atoms with Gasteiger partial charge >= 0.3 is 0 Å². The highest BCUT2D eigenvalue weighted by molar-refractivity contribution is 14.0. The molecule has 27 heavy (non-hydrogen) atoms. The molecule has 2 fully saturated rings. The topological polar surface area (TPSA) is 54.2 Å². The third-order valence-electron chi connectivity index (χ3n) is 6.74. The van der Waals surface area contributed by atoms with E-state index in [2.05, 4.69) is 26.4 Å². The van der Waals surface area contributed by atoms with Gasteiger partial charge in [0.25, 0.3) is 0 Å². The van der Waals surface area contributed by atoms with E-state index in [1.165, 1.54) is 69.3 Å². The van der Waals surface area contributed by atoms with Gasteiger partial charge in [0.15, 0.2) is 5.96 Å². The molecule has 152 valence electrons. The van der Waals surface area contributed by atoms with Gasteiger partial charge in [0.05, 0.1) is 5.69 Å². The molecule has 1 aromatic heterocycles. The van der Waals surface area contributed by atoms with Crippen molar-refractivity contribution in [3.63, 3.8) is 0 Å². The van der Waals surface area contributed by atoms with Gasteiger partial charge in [0, 0.05) is 45.2 Å². The highest BCUT2D eigenvalue weighted by atomic mass is 127. The Bertz CT molecular complexity index is 603. The molecule has 2 aliphatic carbocycles. The highest BCUT2D eigenvalue weighted by Crippen LogP contribution is 2.40. The van der Waals surface area contributed by atoms with E-state index in [9.17, 15) is 0 Å². The van der Waals surface area contributed by atoms with Crippen LogP contribution in [0, 0.1) is 11.8 Å². The number of nitrogens with one attached hydrogen (secondary N) is 2. The molecule has 0 amide bonds. The Morgan fingerprint density at radius 1 is 1.15 bits per heavy atom. The van der Waals surface area contributed by atoms with E-state index in [-0.39, 0.29) is 24.0 Å². The Labute approximate surface area is 181 Å². The molecular weight excluding hydrogens is 449 g/mol. The fraction of sp³-hybridized carbons (Fsp3) is 0.810.